The molecule has 28 heavy (non-hydrogen) atoms. The van der Waals surface area contributed by atoms with Crippen molar-refractivity contribution in [3.63, 3.8) is 0 Å². The van der Waals surface area contributed by atoms with Crippen molar-refractivity contribution >= 4 is 41.1 Å². The van der Waals surface area contributed by atoms with Gasteiger partial charge in [-0.1, -0.05) is 30.0 Å². The Morgan fingerprint density at radius 3 is 2.57 bits per heavy atom. The van der Waals surface area contributed by atoms with Gasteiger partial charge in [-0.25, -0.2) is 9.78 Å². The van der Waals surface area contributed by atoms with E-state index in [-0.39, 0.29) is 0 Å². The van der Waals surface area contributed by atoms with Crippen LogP contribution in [0, 0.1) is 0 Å². The summed E-state index contributed by atoms with van der Waals surface area (Å²) in [6.45, 7) is 5.49. The maximum absolute atomic E-state index is 12.0. The number of thioether (sulfide) groups is 1. The number of fused-ring (bicyclic) bond motifs is 1. The van der Waals surface area contributed by atoms with E-state index < -0.39 is 11.6 Å². The van der Waals surface area contributed by atoms with Gasteiger partial charge in [0.15, 0.2) is 10.8 Å². The highest BCUT2D eigenvalue weighted by molar-refractivity contribution is 7.98. The Kier molecular flexibility index (Phi) is 5.69. The van der Waals surface area contributed by atoms with E-state index in [1.807, 2.05) is 69.3 Å². The van der Waals surface area contributed by atoms with Crippen LogP contribution in [-0.2, 0) is 9.53 Å². The van der Waals surface area contributed by atoms with Crippen LogP contribution in [-0.4, -0.2) is 44.5 Å². The summed E-state index contributed by atoms with van der Waals surface area (Å²) >= 11 is 1.45. The lowest BCUT2D eigenvalue weighted by Crippen LogP contribution is -2.22. The van der Waals surface area contributed by atoms with E-state index in [4.69, 9.17) is 4.74 Å². The second kappa shape index (κ2) is 8.02. The predicted molar refractivity (Wildman–Crippen MR) is 112 cm³/mol. The van der Waals surface area contributed by atoms with Gasteiger partial charge in [0.1, 0.15) is 5.60 Å². The third kappa shape index (κ3) is 4.51. The summed E-state index contributed by atoms with van der Waals surface area (Å²) in [5, 5.41) is 5.05. The number of para-hydroxylation sites is 1. The van der Waals surface area contributed by atoms with Crippen molar-refractivity contribution < 1.29 is 9.53 Å². The predicted octanol–water partition coefficient (Wildman–Crippen LogP) is 3.97. The molecule has 0 aliphatic rings. The van der Waals surface area contributed by atoms with Crippen molar-refractivity contribution in [2.24, 2.45) is 0 Å². The zero-order chi connectivity index (χ0) is 20.3. The Morgan fingerprint density at radius 1 is 1.21 bits per heavy atom. The molecule has 0 N–H and O–H groups in total. The zero-order valence-electron chi connectivity index (χ0n) is 16.6. The van der Waals surface area contributed by atoms with Gasteiger partial charge >= 0.3 is 5.97 Å². The standard InChI is InChI=1S/C20H23N5O2S/c1-20(2,3)27-16(26)12-11-14-13-21-25-17(14)22-18(28-5)23-19(25)24(4)15-9-7-6-8-10-15/h6-13H,1-5H3/b12-11+. The molecule has 0 aliphatic heterocycles. The molecule has 3 rings (SSSR count). The van der Waals surface area contributed by atoms with Crippen LogP contribution in [0.1, 0.15) is 26.3 Å². The maximum Gasteiger partial charge on any atom is 0.331 e. The number of carbonyl (C=O) groups excluding carboxylic acids is 1. The fourth-order valence-electron chi connectivity index (χ4n) is 2.55. The largest absolute Gasteiger partial charge is 0.457 e. The molecule has 0 fully saturated rings. The van der Waals surface area contributed by atoms with Gasteiger partial charge in [-0.05, 0) is 45.2 Å². The molecule has 2 aromatic heterocycles. The first-order chi connectivity index (χ1) is 13.3. The summed E-state index contributed by atoms with van der Waals surface area (Å²) < 4.78 is 6.98. The third-order valence-corrected chi connectivity index (χ3v) is 4.34. The first-order valence-corrected chi connectivity index (χ1v) is 10.0. The van der Waals surface area contributed by atoms with E-state index in [1.165, 1.54) is 17.8 Å². The molecular weight excluding hydrogens is 374 g/mol. The number of rotatable bonds is 5. The van der Waals surface area contributed by atoms with E-state index in [2.05, 4.69) is 15.1 Å². The summed E-state index contributed by atoms with van der Waals surface area (Å²) in [5.74, 6) is 0.227. The highest BCUT2D eigenvalue weighted by Gasteiger charge is 2.17. The molecule has 0 atom stereocenters. The van der Waals surface area contributed by atoms with Gasteiger partial charge in [0.05, 0.1) is 6.20 Å². The van der Waals surface area contributed by atoms with Gasteiger partial charge in [0.25, 0.3) is 0 Å². The van der Waals surface area contributed by atoms with Crippen molar-refractivity contribution in [3.05, 3.63) is 48.2 Å². The quantitative estimate of drug-likeness (QED) is 0.366. The number of ether oxygens (including phenoxy) is 1. The van der Waals surface area contributed by atoms with E-state index in [0.29, 0.717) is 22.3 Å². The average molecular weight is 398 g/mol. The van der Waals surface area contributed by atoms with E-state index >= 15 is 0 Å². The minimum absolute atomic E-state index is 0.410. The van der Waals surface area contributed by atoms with Crippen LogP contribution in [0.3, 0.4) is 0 Å². The van der Waals surface area contributed by atoms with Gasteiger partial charge in [-0.3, -0.25) is 0 Å². The first-order valence-electron chi connectivity index (χ1n) is 8.78. The highest BCUT2D eigenvalue weighted by atomic mass is 32.2. The minimum atomic E-state index is -0.539. The molecule has 0 bridgehead atoms. The molecule has 3 aromatic rings. The fourth-order valence-corrected chi connectivity index (χ4v) is 2.90. The van der Waals surface area contributed by atoms with E-state index in [9.17, 15) is 4.79 Å². The fraction of sp³-hybridized carbons (Fsp3) is 0.300. The molecule has 0 amide bonds. The lowest BCUT2D eigenvalue weighted by Gasteiger charge is -2.19. The molecule has 0 spiro atoms. The lowest BCUT2D eigenvalue weighted by atomic mass is 10.2. The zero-order valence-corrected chi connectivity index (χ0v) is 17.4. The molecular formula is C20H23N5O2S. The first kappa shape index (κ1) is 19.9. The number of aromatic nitrogens is 4. The summed E-state index contributed by atoms with van der Waals surface area (Å²) in [5.41, 5.74) is 1.78. The Hall–Kier alpha value is -2.87. The van der Waals surface area contributed by atoms with Crippen LogP contribution in [0.25, 0.3) is 11.7 Å². The summed E-state index contributed by atoms with van der Waals surface area (Å²) in [4.78, 5) is 23.1. The second-order valence-corrected chi connectivity index (χ2v) is 7.88. The highest BCUT2D eigenvalue weighted by Crippen LogP contribution is 2.25. The monoisotopic (exact) mass is 397 g/mol. The van der Waals surface area contributed by atoms with Crippen LogP contribution in [0.4, 0.5) is 11.6 Å². The molecule has 0 saturated carbocycles. The SMILES string of the molecule is CSc1nc(N(C)c2ccccc2)n2ncc(/C=C/C(=O)OC(C)(C)C)c2n1. The normalized spacial score (nSPS) is 11.9. The number of anilines is 2. The Bertz CT molecular complexity index is 1010. The van der Waals surface area contributed by atoms with Gasteiger partial charge in [-0.15, -0.1) is 0 Å². The van der Waals surface area contributed by atoms with E-state index in [1.54, 1.807) is 16.8 Å². The van der Waals surface area contributed by atoms with Crippen molar-refractivity contribution in [1.82, 2.24) is 19.6 Å². The molecule has 2 heterocycles. The van der Waals surface area contributed by atoms with E-state index in [0.717, 1.165) is 5.69 Å². The number of esters is 1. The van der Waals surface area contributed by atoms with Gasteiger partial charge < -0.3 is 9.64 Å². The summed E-state index contributed by atoms with van der Waals surface area (Å²) in [6, 6.07) is 9.91. The van der Waals surface area contributed by atoms with Gasteiger partial charge in [-0.2, -0.15) is 14.6 Å². The van der Waals surface area contributed by atoms with Crippen LogP contribution in [0.2, 0.25) is 0 Å². The molecule has 0 unspecified atom stereocenters. The van der Waals surface area contributed by atoms with Crippen molar-refractivity contribution in [2.75, 3.05) is 18.2 Å². The summed E-state index contributed by atoms with van der Waals surface area (Å²) in [6.07, 6.45) is 6.64. The Labute approximate surface area is 168 Å². The lowest BCUT2D eigenvalue weighted by molar-refractivity contribution is -0.148. The molecule has 146 valence electrons. The van der Waals surface area contributed by atoms with Crippen LogP contribution in [0.15, 0.2) is 47.8 Å². The third-order valence-electron chi connectivity index (χ3n) is 3.79. The smallest absolute Gasteiger partial charge is 0.331 e. The van der Waals surface area contributed by atoms with Crippen molar-refractivity contribution in [2.45, 2.75) is 31.5 Å². The summed E-state index contributed by atoms with van der Waals surface area (Å²) in [7, 11) is 1.93. The maximum atomic E-state index is 12.0. The number of carbonyl (C=O) groups is 1. The molecule has 8 heteroatoms. The molecule has 0 saturated heterocycles. The number of hydrogen-bond acceptors (Lipinski definition) is 7. The van der Waals surface area contributed by atoms with Crippen LogP contribution >= 0.6 is 11.8 Å². The molecule has 0 aliphatic carbocycles. The minimum Gasteiger partial charge on any atom is -0.457 e. The van der Waals surface area contributed by atoms with Gasteiger partial charge in [0.2, 0.25) is 5.95 Å². The molecule has 0 radical (unpaired) electrons. The van der Waals surface area contributed by atoms with Crippen molar-refractivity contribution in [3.8, 4) is 0 Å². The van der Waals surface area contributed by atoms with Gasteiger partial charge in [0, 0.05) is 24.4 Å². The number of hydrogen-bond donors (Lipinski definition) is 0. The Balaban J connectivity index is 2.01. The molecule has 7 nitrogen and oxygen atoms in total. The second-order valence-electron chi connectivity index (χ2n) is 7.11. The topological polar surface area (TPSA) is 72.6 Å². The molecule has 1 aromatic carbocycles. The van der Waals surface area contributed by atoms with Crippen molar-refractivity contribution in [1.29, 1.82) is 0 Å². The van der Waals surface area contributed by atoms with Crippen LogP contribution < -0.4 is 4.90 Å². The Morgan fingerprint density at radius 2 is 1.93 bits per heavy atom. The van der Waals surface area contributed by atoms with Crippen LogP contribution in [0.5, 0.6) is 0 Å². The average Bonchev–Trinajstić information content (AvgIpc) is 3.07. The number of nitrogens with zero attached hydrogens (tertiary/aromatic N) is 5. The number of benzene rings is 1.